The third kappa shape index (κ3) is 7.88. The van der Waals surface area contributed by atoms with Crippen LogP contribution in [0.3, 0.4) is 0 Å². The largest absolute Gasteiger partial charge is 0.456 e. The summed E-state index contributed by atoms with van der Waals surface area (Å²) in [6, 6.07) is 13.4. The molecule has 0 aromatic heterocycles. The first kappa shape index (κ1) is 29.7. The number of fused-ring (bicyclic) bond motifs is 1. The summed E-state index contributed by atoms with van der Waals surface area (Å²) in [6.45, 7) is 0.185. The van der Waals surface area contributed by atoms with Crippen molar-refractivity contribution < 1.29 is 38.5 Å². The van der Waals surface area contributed by atoms with E-state index in [-0.39, 0.29) is 50.6 Å². The van der Waals surface area contributed by atoms with E-state index in [1.165, 1.54) is 11.0 Å². The monoisotopic (exact) mass is 563 g/mol. The second-order valence-corrected chi connectivity index (χ2v) is 9.77. The Labute approximate surface area is 237 Å². The molecule has 11 heteroatoms. The van der Waals surface area contributed by atoms with Crippen LogP contribution in [-0.2, 0) is 30.3 Å². The van der Waals surface area contributed by atoms with Crippen LogP contribution in [0.5, 0.6) is 0 Å². The highest BCUT2D eigenvalue weighted by Crippen LogP contribution is 2.31. The smallest absolute Gasteiger partial charge is 0.338 e. The zero-order chi connectivity index (χ0) is 29.4. The third-order valence-corrected chi connectivity index (χ3v) is 6.59. The number of likely N-dealkylation sites (N-methyl/N-ethyl adjacent to an activating group) is 1. The van der Waals surface area contributed by atoms with Crippen molar-refractivity contribution in [3.63, 3.8) is 0 Å². The normalized spacial score (nSPS) is 19.7. The lowest BCUT2D eigenvalue weighted by Gasteiger charge is -2.30. The minimum atomic E-state index is -0.739. The molecule has 3 atom stereocenters. The molecule has 3 amide bonds. The Morgan fingerprint density at radius 2 is 1.80 bits per heavy atom. The number of rotatable bonds is 10. The fourth-order valence-electron chi connectivity index (χ4n) is 4.37. The quantitative estimate of drug-likeness (QED) is 0.291. The van der Waals surface area contributed by atoms with Crippen molar-refractivity contribution in [2.24, 2.45) is 0 Å². The van der Waals surface area contributed by atoms with Gasteiger partial charge >= 0.3 is 5.97 Å². The van der Waals surface area contributed by atoms with Crippen LogP contribution in [0.25, 0.3) is 6.08 Å². The highest BCUT2D eigenvalue weighted by atomic mass is 16.7. The van der Waals surface area contributed by atoms with E-state index < -0.39 is 24.3 Å². The number of hydrogen-bond donors (Lipinski definition) is 3. The van der Waals surface area contributed by atoms with Crippen LogP contribution in [0, 0.1) is 0 Å². The van der Waals surface area contributed by atoms with Gasteiger partial charge in [0.25, 0.3) is 5.91 Å². The number of carbonyl (C=O) groups excluding carboxylic acids is 4. The van der Waals surface area contributed by atoms with Gasteiger partial charge in [0.05, 0.1) is 12.2 Å². The van der Waals surface area contributed by atoms with Crippen molar-refractivity contribution in [3.05, 3.63) is 88.5 Å². The summed E-state index contributed by atoms with van der Waals surface area (Å²) in [5.41, 5.74) is 2.61. The van der Waals surface area contributed by atoms with E-state index in [2.05, 4.69) is 10.6 Å². The van der Waals surface area contributed by atoms with E-state index in [4.69, 9.17) is 19.3 Å². The Hall–Kier alpha value is -4.32. The number of ether oxygens (including phenoxy) is 3. The molecule has 1 saturated heterocycles. The van der Waals surface area contributed by atoms with Crippen molar-refractivity contribution in [1.82, 2.24) is 15.5 Å². The molecule has 1 fully saturated rings. The van der Waals surface area contributed by atoms with Crippen molar-refractivity contribution in [2.45, 2.75) is 31.3 Å². The standard InChI is InChI=1S/C30H33N3O8/c1-33(2)26(35)11-8-19-6-9-21(10-7-19)30(38)41-25-16-23(15-24-27(25)40-18-39-24)29(37)32-17-20-4-3-5-22(14-20)28(36)31-12-13-34/h3-11,14-15,24-25,27,34H,12-13,16-18H2,1-2H3,(H,31,36)(H,32,37). The molecule has 0 bridgehead atoms. The van der Waals surface area contributed by atoms with Gasteiger partial charge in [0.2, 0.25) is 11.8 Å². The third-order valence-electron chi connectivity index (χ3n) is 6.59. The van der Waals surface area contributed by atoms with Crippen molar-refractivity contribution in [2.75, 3.05) is 34.0 Å². The van der Waals surface area contributed by atoms with Crippen LogP contribution in [-0.4, -0.2) is 86.0 Å². The van der Waals surface area contributed by atoms with E-state index in [0.29, 0.717) is 16.7 Å². The van der Waals surface area contributed by atoms with Crippen LogP contribution in [0.4, 0.5) is 0 Å². The van der Waals surface area contributed by atoms with Gasteiger partial charge in [0.1, 0.15) is 25.1 Å². The van der Waals surface area contributed by atoms with E-state index >= 15 is 0 Å². The van der Waals surface area contributed by atoms with E-state index in [0.717, 1.165) is 11.1 Å². The van der Waals surface area contributed by atoms with Crippen LogP contribution < -0.4 is 10.6 Å². The summed E-state index contributed by atoms with van der Waals surface area (Å²) in [6.07, 6.45) is 3.11. The van der Waals surface area contributed by atoms with E-state index in [1.54, 1.807) is 74.8 Å². The van der Waals surface area contributed by atoms with Gasteiger partial charge in [-0.25, -0.2) is 4.79 Å². The Kier molecular flexibility index (Phi) is 10.0. The van der Waals surface area contributed by atoms with Crippen LogP contribution in [0.1, 0.15) is 38.3 Å². The highest BCUT2D eigenvalue weighted by molar-refractivity contribution is 5.95. The molecular formula is C30H33N3O8. The molecule has 0 radical (unpaired) electrons. The lowest BCUT2D eigenvalue weighted by molar-refractivity contribution is -0.123. The maximum atomic E-state index is 13.1. The van der Waals surface area contributed by atoms with Crippen LogP contribution in [0.15, 0.2) is 66.3 Å². The molecule has 41 heavy (non-hydrogen) atoms. The maximum Gasteiger partial charge on any atom is 0.338 e. The summed E-state index contributed by atoms with van der Waals surface area (Å²) < 4.78 is 17.0. The van der Waals surface area contributed by atoms with Gasteiger partial charge in [0.15, 0.2) is 0 Å². The van der Waals surface area contributed by atoms with E-state index in [1.807, 2.05) is 0 Å². The molecule has 1 aliphatic heterocycles. The van der Waals surface area contributed by atoms with Gasteiger partial charge in [-0.2, -0.15) is 0 Å². The highest BCUT2D eigenvalue weighted by Gasteiger charge is 2.42. The second-order valence-electron chi connectivity index (χ2n) is 9.77. The molecule has 1 aliphatic carbocycles. The number of nitrogens with one attached hydrogen (secondary N) is 2. The van der Waals surface area contributed by atoms with Gasteiger partial charge in [-0.3, -0.25) is 14.4 Å². The Morgan fingerprint density at radius 3 is 2.54 bits per heavy atom. The SMILES string of the molecule is CN(C)C(=O)C=Cc1ccc(C(=O)OC2CC(C(=O)NCc3cccc(C(=O)NCCO)c3)=CC3OCOC32)cc1. The summed E-state index contributed by atoms with van der Waals surface area (Å²) in [7, 11) is 3.32. The second kappa shape index (κ2) is 13.8. The van der Waals surface area contributed by atoms with Gasteiger partial charge < -0.3 is 34.9 Å². The molecule has 2 aliphatic rings. The predicted octanol–water partition coefficient (Wildman–Crippen LogP) is 1.42. The molecule has 216 valence electrons. The number of aliphatic hydroxyl groups is 1. The molecule has 2 aromatic rings. The first-order chi connectivity index (χ1) is 19.7. The fraction of sp³-hybridized carbons (Fsp3) is 0.333. The topological polar surface area (TPSA) is 144 Å². The number of amides is 3. The number of carbonyl (C=O) groups is 4. The Balaban J connectivity index is 1.37. The molecule has 3 N–H and O–H groups in total. The van der Waals surface area contributed by atoms with Gasteiger partial charge in [0, 0.05) is 50.8 Å². The van der Waals surface area contributed by atoms with Crippen LogP contribution in [0.2, 0.25) is 0 Å². The lowest BCUT2D eigenvalue weighted by Crippen LogP contribution is -2.43. The summed E-state index contributed by atoms with van der Waals surface area (Å²) in [4.78, 5) is 51.4. The maximum absolute atomic E-state index is 13.1. The average molecular weight is 564 g/mol. The molecular weight excluding hydrogens is 530 g/mol. The lowest BCUT2D eigenvalue weighted by atomic mass is 9.91. The van der Waals surface area contributed by atoms with E-state index in [9.17, 15) is 19.2 Å². The molecule has 11 nitrogen and oxygen atoms in total. The van der Waals surface area contributed by atoms with Gasteiger partial charge in [-0.1, -0.05) is 24.3 Å². The minimum absolute atomic E-state index is 0.0205. The molecule has 2 aromatic carbocycles. The number of aliphatic hydroxyl groups excluding tert-OH is 1. The first-order valence-corrected chi connectivity index (χ1v) is 13.2. The van der Waals surface area contributed by atoms with Gasteiger partial charge in [-0.15, -0.1) is 0 Å². The minimum Gasteiger partial charge on any atom is -0.456 e. The first-order valence-electron chi connectivity index (χ1n) is 13.2. The Bertz CT molecular complexity index is 1340. The van der Waals surface area contributed by atoms with Crippen LogP contribution >= 0.6 is 0 Å². The summed E-state index contributed by atoms with van der Waals surface area (Å²) >= 11 is 0. The summed E-state index contributed by atoms with van der Waals surface area (Å²) in [5.74, 6) is -1.38. The van der Waals surface area contributed by atoms with Crippen molar-refractivity contribution in [1.29, 1.82) is 0 Å². The molecule has 1 heterocycles. The number of esters is 1. The Morgan fingerprint density at radius 1 is 1.02 bits per heavy atom. The number of nitrogens with zero attached hydrogens (tertiary/aromatic N) is 1. The fourth-order valence-corrected chi connectivity index (χ4v) is 4.37. The molecule has 4 rings (SSSR count). The molecule has 3 unspecified atom stereocenters. The number of benzene rings is 2. The van der Waals surface area contributed by atoms with Crippen molar-refractivity contribution in [3.8, 4) is 0 Å². The molecule has 0 saturated carbocycles. The zero-order valence-electron chi connectivity index (χ0n) is 22.9. The average Bonchev–Trinajstić information content (AvgIpc) is 3.47. The predicted molar refractivity (Wildman–Crippen MR) is 148 cm³/mol. The van der Waals surface area contributed by atoms with Crippen molar-refractivity contribution >= 4 is 29.8 Å². The summed E-state index contributed by atoms with van der Waals surface area (Å²) in [5, 5.41) is 14.3. The zero-order valence-corrected chi connectivity index (χ0v) is 22.9. The van der Waals surface area contributed by atoms with Gasteiger partial charge in [-0.05, 0) is 47.5 Å². The number of hydrogen-bond acceptors (Lipinski definition) is 8. The molecule has 0 spiro atoms.